The van der Waals surface area contributed by atoms with E-state index in [1.54, 1.807) is 14.2 Å². The van der Waals surface area contributed by atoms with Gasteiger partial charge in [0.15, 0.2) is 5.96 Å². The van der Waals surface area contributed by atoms with Crippen molar-refractivity contribution in [1.29, 1.82) is 0 Å². The Bertz CT molecular complexity index is 506. The molecule has 0 aliphatic carbocycles. The molecular formula is C16H26IN3O2. The van der Waals surface area contributed by atoms with Gasteiger partial charge in [0.05, 0.1) is 12.6 Å². The van der Waals surface area contributed by atoms with Crippen LogP contribution in [-0.2, 0) is 4.74 Å². The molecule has 1 aliphatic rings. The van der Waals surface area contributed by atoms with Crippen LogP contribution in [0.3, 0.4) is 0 Å². The highest BCUT2D eigenvalue weighted by molar-refractivity contribution is 14.0. The number of hydrogen-bond acceptors (Lipinski definition) is 3. The lowest BCUT2D eigenvalue weighted by Crippen LogP contribution is -2.45. The molecule has 1 aliphatic heterocycles. The summed E-state index contributed by atoms with van der Waals surface area (Å²) >= 11 is 0. The van der Waals surface area contributed by atoms with Crippen LogP contribution in [-0.4, -0.2) is 38.9 Å². The minimum Gasteiger partial charge on any atom is -0.487 e. The van der Waals surface area contributed by atoms with Gasteiger partial charge in [-0.2, -0.15) is 0 Å². The first kappa shape index (κ1) is 19.0. The monoisotopic (exact) mass is 419 g/mol. The lowest BCUT2D eigenvalue weighted by atomic mass is 9.90. The molecule has 1 heterocycles. The van der Waals surface area contributed by atoms with Crippen molar-refractivity contribution in [2.24, 2.45) is 4.99 Å². The zero-order valence-electron chi connectivity index (χ0n) is 13.7. The number of nitrogens with one attached hydrogen (secondary N) is 2. The lowest BCUT2D eigenvalue weighted by molar-refractivity contribution is 0.0694. The van der Waals surface area contributed by atoms with Crippen LogP contribution in [0.25, 0.3) is 0 Å². The fourth-order valence-corrected chi connectivity index (χ4v) is 2.56. The van der Waals surface area contributed by atoms with Crippen molar-refractivity contribution >= 4 is 29.9 Å². The van der Waals surface area contributed by atoms with Crippen molar-refractivity contribution < 1.29 is 9.47 Å². The van der Waals surface area contributed by atoms with E-state index in [0.717, 1.165) is 24.7 Å². The topological polar surface area (TPSA) is 54.9 Å². The summed E-state index contributed by atoms with van der Waals surface area (Å²) in [5, 5.41) is 6.73. The maximum atomic E-state index is 6.04. The summed E-state index contributed by atoms with van der Waals surface area (Å²) in [5.41, 5.74) is 0.976. The maximum Gasteiger partial charge on any atom is 0.191 e. The Morgan fingerprint density at radius 1 is 1.41 bits per heavy atom. The molecule has 0 amide bonds. The molecule has 0 fully saturated rings. The van der Waals surface area contributed by atoms with E-state index in [1.165, 1.54) is 5.56 Å². The van der Waals surface area contributed by atoms with Gasteiger partial charge in [-0.25, -0.2) is 0 Å². The molecule has 2 N–H and O–H groups in total. The highest BCUT2D eigenvalue weighted by Crippen LogP contribution is 2.39. The molecule has 22 heavy (non-hydrogen) atoms. The lowest BCUT2D eigenvalue weighted by Gasteiger charge is -2.38. The van der Waals surface area contributed by atoms with Gasteiger partial charge in [0, 0.05) is 32.7 Å². The zero-order valence-corrected chi connectivity index (χ0v) is 16.0. The summed E-state index contributed by atoms with van der Waals surface area (Å²) in [6.07, 6.45) is 0.884. The first-order chi connectivity index (χ1) is 10.1. The fourth-order valence-electron chi connectivity index (χ4n) is 2.56. The number of hydrogen-bond donors (Lipinski definition) is 2. The van der Waals surface area contributed by atoms with Gasteiger partial charge >= 0.3 is 0 Å². The van der Waals surface area contributed by atoms with E-state index in [1.807, 2.05) is 18.2 Å². The molecule has 2 rings (SSSR count). The Hall–Kier alpha value is -1.02. The van der Waals surface area contributed by atoms with Crippen molar-refractivity contribution in [2.75, 3.05) is 27.3 Å². The van der Waals surface area contributed by atoms with E-state index in [9.17, 15) is 0 Å². The van der Waals surface area contributed by atoms with Crippen molar-refractivity contribution in [1.82, 2.24) is 10.6 Å². The highest BCUT2D eigenvalue weighted by Gasteiger charge is 2.33. The number of ether oxygens (including phenoxy) is 2. The van der Waals surface area contributed by atoms with Gasteiger partial charge in [-0.1, -0.05) is 18.2 Å². The Kier molecular flexibility index (Phi) is 7.41. The first-order valence-electron chi connectivity index (χ1n) is 7.30. The number of rotatable bonds is 4. The molecule has 0 bridgehead atoms. The predicted molar refractivity (Wildman–Crippen MR) is 100 cm³/mol. The Balaban J connectivity index is 0.00000242. The molecule has 124 valence electrons. The average Bonchev–Trinajstić information content (AvgIpc) is 2.45. The van der Waals surface area contributed by atoms with Gasteiger partial charge < -0.3 is 20.1 Å². The molecule has 0 saturated carbocycles. The van der Waals surface area contributed by atoms with Gasteiger partial charge in [0.2, 0.25) is 0 Å². The van der Waals surface area contributed by atoms with Gasteiger partial charge in [0.25, 0.3) is 0 Å². The number of benzene rings is 1. The Morgan fingerprint density at radius 2 is 2.14 bits per heavy atom. The molecule has 1 aromatic carbocycles. The van der Waals surface area contributed by atoms with Crippen LogP contribution in [0.5, 0.6) is 5.75 Å². The quantitative estimate of drug-likeness (QED) is 0.341. The first-order valence-corrected chi connectivity index (χ1v) is 7.30. The highest BCUT2D eigenvalue weighted by atomic mass is 127. The largest absolute Gasteiger partial charge is 0.487 e. The molecule has 0 saturated heterocycles. The van der Waals surface area contributed by atoms with Crippen LogP contribution in [0.15, 0.2) is 29.3 Å². The van der Waals surface area contributed by atoms with Crippen LogP contribution in [0.2, 0.25) is 0 Å². The summed E-state index contributed by atoms with van der Waals surface area (Å²) in [6, 6.07) is 8.34. The summed E-state index contributed by atoms with van der Waals surface area (Å²) in [4.78, 5) is 4.27. The number of nitrogens with zero attached hydrogens (tertiary/aromatic N) is 1. The third-order valence-corrected chi connectivity index (χ3v) is 3.51. The number of methoxy groups -OCH3 is 1. The van der Waals surface area contributed by atoms with Gasteiger partial charge in [-0.15, -0.1) is 24.0 Å². The van der Waals surface area contributed by atoms with Gasteiger partial charge in [-0.05, 0) is 19.9 Å². The molecule has 5 nitrogen and oxygen atoms in total. The molecule has 0 aromatic heterocycles. The van der Waals surface area contributed by atoms with E-state index in [0.29, 0.717) is 6.61 Å². The van der Waals surface area contributed by atoms with Crippen molar-refractivity contribution in [2.45, 2.75) is 31.9 Å². The van der Waals surface area contributed by atoms with Crippen LogP contribution in [0, 0.1) is 0 Å². The average molecular weight is 419 g/mol. The zero-order chi connectivity index (χ0) is 15.3. The Morgan fingerprint density at radius 3 is 2.82 bits per heavy atom. The second kappa shape index (κ2) is 8.57. The number of para-hydroxylation sites is 1. The van der Waals surface area contributed by atoms with E-state index in [2.05, 4.69) is 35.5 Å². The molecule has 1 atom stereocenters. The van der Waals surface area contributed by atoms with Crippen LogP contribution in [0.1, 0.15) is 31.9 Å². The smallest absolute Gasteiger partial charge is 0.191 e. The third-order valence-electron chi connectivity index (χ3n) is 3.51. The fraction of sp³-hybridized carbons (Fsp3) is 0.562. The van der Waals surface area contributed by atoms with Crippen LogP contribution >= 0.6 is 24.0 Å². The molecular weight excluding hydrogens is 393 g/mol. The third kappa shape index (κ3) is 5.01. The molecule has 1 aromatic rings. The van der Waals surface area contributed by atoms with Crippen molar-refractivity contribution in [3.8, 4) is 5.75 Å². The standard InChI is InChI=1S/C16H25N3O2.HI/c1-16(2)11-13(12-7-5-6-8-14(12)21-16)19-15(17-3)18-9-10-20-4;/h5-8,13H,9-11H2,1-4H3,(H2,17,18,19);1H. The van der Waals surface area contributed by atoms with Crippen LogP contribution in [0.4, 0.5) is 0 Å². The SMILES string of the molecule is CN=C(NCCOC)NC1CC(C)(C)Oc2ccccc21.I. The number of guanidine groups is 1. The molecule has 1 unspecified atom stereocenters. The number of halogens is 1. The Labute approximate surface area is 149 Å². The van der Waals surface area contributed by atoms with Gasteiger partial charge in [0.1, 0.15) is 11.4 Å². The van der Waals surface area contributed by atoms with E-state index in [-0.39, 0.29) is 35.6 Å². The number of fused-ring (bicyclic) bond motifs is 1. The summed E-state index contributed by atoms with van der Waals surface area (Å²) < 4.78 is 11.1. The molecule has 0 radical (unpaired) electrons. The van der Waals surface area contributed by atoms with Crippen molar-refractivity contribution in [3.05, 3.63) is 29.8 Å². The normalized spacial score (nSPS) is 19.5. The van der Waals surface area contributed by atoms with E-state index >= 15 is 0 Å². The minimum atomic E-state index is -0.197. The maximum absolute atomic E-state index is 6.04. The van der Waals surface area contributed by atoms with E-state index < -0.39 is 0 Å². The summed E-state index contributed by atoms with van der Waals surface area (Å²) in [5.74, 6) is 1.73. The molecule has 0 spiro atoms. The molecule has 6 heteroatoms. The second-order valence-electron chi connectivity index (χ2n) is 5.79. The summed E-state index contributed by atoms with van der Waals surface area (Å²) in [7, 11) is 3.47. The summed E-state index contributed by atoms with van der Waals surface area (Å²) in [6.45, 7) is 5.60. The van der Waals surface area contributed by atoms with Crippen LogP contribution < -0.4 is 15.4 Å². The second-order valence-corrected chi connectivity index (χ2v) is 5.79. The minimum absolute atomic E-state index is 0. The van der Waals surface area contributed by atoms with Gasteiger partial charge in [-0.3, -0.25) is 4.99 Å². The van der Waals surface area contributed by atoms with E-state index in [4.69, 9.17) is 9.47 Å². The predicted octanol–water partition coefficient (Wildman–Crippen LogP) is 2.72. The van der Waals surface area contributed by atoms with Crippen molar-refractivity contribution in [3.63, 3.8) is 0 Å². The number of aliphatic imine (C=N–C) groups is 1.